The van der Waals surface area contributed by atoms with Crippen LogP contribution in [-0.4, -0.2) is 25.0 Å². The van der Waals surface area contributed by atoms with E-state index in [4.69, 9.17) is 9.47 Å². The average molecular weight is 354 g/mol. The summed E-state index contributed by atoms with van der Waals surface area (Å²) in [4.78, 5) is 23.9. The Labute approximate surface area is 152 Å². The van der Waals surface area contributed by atoms with Crippen molar-refractivity contribution in [3.8, 4) is 11.5 Å². The molecule has 2 rings (SSSR count). The molecule has 0 saturated carbocycles. The molecule has 2 aromatic rings. The van der Waals surface area contributed by atoms with Crippen LogP contribution in [0.5, 0.6) is 11.5 Å². The molecule has 0 unspecified atom stereocenters. The van der Waals surface area contributed by atoms with Crippen LogP contribution >= 0.6 is 0 Å². The largest absolute Gasteiger partial charge is 0.494 e. The third-order valence-corrected chi connectivity index (χ3v) is 3.36. The molecule has 0 radical (unpaired) electrons. The van der Waals surface area contributed by atoms with Gasteiger partial charge in [0.1, 0.15) is 11.5 Å². The molecule has 136 valence electrons. The predicted octanol–water partition coefficient (Wildman–Crippen LogP) is 2.96. The lowest BCUT2D eigenvalue weighted by Crippen LogP contribution is -2.40. The monoisotopic (exact) mass is 354 g/mol. The van der Waals surface area contributed by atoms with E-state index in [1.54, 1.807) is 30.3 Å². The summed E-state index contributed by atoms with van der Waals surface area (Å²) in [5.74, 6) is 0.515. The Balaban J connectivity index is 1.89. The first-order valence-electron chi connectivity index (χ1n) is 8.37. The lowest BCUT2D eigenvalue weighted by molar-refractivity contribution is -0.117. The van der Waals surface area contributed by atoms with Crippen LogP contribution in [-0.2, 0) is 4.79 Å². The fourth-order valence-electron chi connectivity index (χ4n) is 2.17. The van der Waals surface area contributed by atoms with Crippen LogP contribution in [0.1, 0.15) is 29.8 Å². The van der Waals surface area contributed by atoms with Crippen molar-refractivity contribution in [3.05, 3.63) is 65.7 Å². The molecule has 6 heteroatoms. The van der Waals surface area contributed by atoms with Crippen molar-refractivity contribution in [1.29, 1.82) is 0 Å². The number of hydrazine groups is 1. The molecule has 26 heavy (non-hydrogen) atoms. The summed E-state index contributed by atoms with van der Waals surface area (Å²) in [7, 11) is 0. The van der Waals surface area contributed by atoms with Gasteiger partial charge in [0.15, 0.2) is 0 Å². The van der Waals surface area contributed by atoms with E-state index in [0.717, 1.165) is 5.56 Å². The maximum absolute atomic E-state index is 12.0. The van der Waals surface area contributed by atoms with Gasteiger partial charge in [0.2, 0.25) is 0 Å². The summed E-state index contributed by atoms with van der Waals surface area (Å²) in [5.41, 5.74) is 5.91. The van der Waals surface area contributed by atoms with Crippen LogP contribution in [0.3, 0.4) is 0 Å². The number of hydrogen-bond donors (Lipinski definition) is 2. The third-order valence-electron chi connectivity index (χ3n) is 3.36. The lowest BCUT2D eigenvalue weighted by Gasteiger charge is -2.07. The van der Waals surface area contributed by atoms with Gasteiger partial charge in [-0.2, -0.15) is 0 Å². The molecular formula is C20H22N2O4. The number of benzene rings is 2. The Morgan fingerprint density at radius 3 is 2.31 bits per heavy atom. The Hall–Kier alpha value is -3.28. The molecule has 0 aliphatic carbocycles. The molecular weight excluding hydrogens is 332 g/mol. The van der Waals surface area contributed by atoms with E-state index >= 15 is 0 Å². The highest BCUT2D eigenvalue weighted by molar-refractivity contribution is 5.98. The number of carbonyl (C=O) groups is 2. The minimum absolute atomic E-state index is 0.412. The SMILES string of the molecule is CCOc1ccc(C(=O)NNC(=O)/C=C/c2ccccc2OCC)cc1. The predicted molar refractivity (Wildman–Crippen MR) is 99.9 cm³/mol. The van der Waals surface area contributed by atoms with Gasteiger partial charge in [-0.1, -0.05) is 18.2 Å². The Bertz CT molecular complexity index is 770. The summed E-state index contributed by atoms with van der Waals surface area (Å²) in [6.07, 6.45) is 2.96. The van der Waals surface area contributed by atoms with Crippen molar-refractivity contribution in [1.82, 2.24) is 10.9 Å². The van der Waals surface area contributed by atoms with Gasteiger partial charge in [-0.15, -0.1) is 0 Å². The minimum atomic E-state index is -0.449. The average Bonchev–Trinajstić information content (AvgIpc) is 2.66. The lowest BCUT2D eigenvalue weighted by atomic mass is 10.2. The van der Waals surface area contributed by atoms with Gasteiger partial charge in [0.05, 0.1) is 13.2 Å². The molecule has 0 saturated heterocycles. The molecule has 0 heterocycles. The molecule has 0 aromatic heterocycles. The first kappa shape index (κ1) is 19.1. The quantitative estimate of drug-likeness (QED) is 0.592. The van der Waals surface area contributed by atoms with Crippen molar-refractivity contribution in [2.24, 2.45) is 0 Å². The molecule has 2 amide bonds. The number of nitrogens with one attached hydrogen (secondary N) is 2. The van der Waals surface area contributed by atoms with Gasteiger partial charge in [0.25, 0.3) is 11.8 Å². The topological polar surface area (TPSA) is 76.7 Å². The Morgan fingerprint density at radius 2 is 1.62 bits per heavy atom. The second-order valence-electron chi connectivity index (χ2n) is 5.20. The molecule has 0 aliphatic heterocycles. The number of amides is 2. The fourth-order valence-corrected chi connectivity index (χ4v) is 2.17. The van der Waals surface area contributed by atoms with Gasteiger partial charge < -0.3 is 9.47 Å². The van der Waals surface area contributed by atoms with Crippen molar-refractivity contribution in [2.45, 2.75) is 13.8 Å². The second-order valence-corrected chi connectivity index (χ2v) is 5.20. The van der Waals surface area contributed by atoms with Gasteiger partial charge in [0, 0.05) is 17.2 Å². The Kier molecular flexibility index (Phi) is 7.24. The molecule has 2 N–H and O–H groups in total. The summed E-state index contributed by atoms with van der Waals surface area (Å²) < 4.78 is 10.8. The zero-order chi connectivity index (χ0) is 18.8. The first-order chi connectivity index (χ1) is 12.6. The van der Waals surface area contributed by atoms with Crippen LogP contribution in [0, 0.1) is 0 Å². The number of hydrogen-bond acceptors (Lipinski definition) is 4. The number of carbonyl (C=O) groups excluding carboxylic acids is 2. The van der Waals surface area contributed by atoms with Crippen LogP contribution in [0.25, 0.3) is 6.08 Å². The van der Waals surface area contributed by atoms with Crippen molar-refractivity contribution >= 4 is 17.9 Å². The Morgan fingerprint density at radius 1 is 0.923 bits per heavy atom. The van der Waals surface area contributed by atoms with Gasteiger partial charge >= 0.3 is 0 Å². The highest BCUT2D eigenvalue weighted by atomic mass is 16.5. The standard InChI is InChI=1S/C20H22N2O4/c1-3-25-17-12-9-16(10-13-17)20(24)22-21-19(23)14-11-15-7-5-6-8-18(15)26-4-2/h5-14H,3-4H2,1-2H3,(H,21,23)(H,22,24)/b14-11+. The van der Waals surface area contributed by atoms with Crippen molar-refractivity contribution in [3.63, 3.8) is 0 Å². The van der Waals surface area contributed by atoms with Crippen LogP contribution in [0.15, 0.2) is 54.6 Å². The second kappa shape index (κ2) is 9.88. The molecule has 2 aromatic carbocycles. The normalized spacial score (nSPS) is 10.4. The summed E-state index contributed by atoms with van der Waals surface area (Å²) in [5, 5.41) is 0. The highest BCUT2D eigenvalue weighted by Crippen LogP contribution is 2.19. The van der Waals surface area contributed by atoms with E-state index in [1.807, 2.05) is 38.1 Å². The van der Waals surface area contributed by atoms with Crippen LogP contribution < -0.4 is 20.3 Å². The molecule has 0 spiro atoms. The number of rotatable bonds is 7. The number of ether oxygens (including phenoxy) is 2. The van der Waals surface area contributed by atoms with Gasteiger partial charge in [-0.05, 0) is 50.3 Å². The third kappa shape index (κ3) is 5.66. The summed E-state index contributed by atoms with van der Waals surface area (Å²) >= 11 is 0. The van der Waals surface area contributed by atoms with Crippen molar-refractivity contribution < 1.29 is 19.1 Å². The zero-order valence-electron chi connectivity index (χ0n) is 14.8. The molecule has 6 nitrogen and oxygen atoms in total. The van der Waals surface area contributed by atoms with E-state index in [1.165, 1.54) is 6.08 Å². The first-order valence-corrected chi connectivity index (χ1v) is 8.37. The van der Waals surface area contributed by atoms with E-state index in [9.17, 15) is 9.59 Å². The maximum Gasteiger partial charge on any atom is 0.269 e. The fraction of sp³-hybridized carbons (Fsp3) is 0.200. The van der Waals surface area contributed by atoms with E-state index < -0.39 is 11.8 Å². The minimum Gasteiger partial charge on any atom is -0.494 e. The number of para-hydroxylation sites is 1. The van der Waals surface area contributed by atoms with E-state index in [2.05, 4.69) is 10.9 Å². The van der Waals surface area contributed by atoms with E-state index in [-0.39, 0.29) is 0 Å². The molecule has 0 fully saturated rings. The maximum atomic E-state index is 12.0. The summed E-state index contributed by atoms with van der Waals surface area (Å²) in [6, 6.07) is 14.0. The summed E-state index contributed by atoms with van der Waals surface area (Å²) in [6.45, 7) is 4.87. The van der Waals surface area contributed by atoms with Crippen LogP contribution in [0.4, 0.5) is 0 Å². The highest BCUT2D eigenvalue weighted by Gasteiger charge is 2.06. The van der Waals surface area contributed by atoms with Crippen LogP contribution in [0.2, 0.25) is 0 Å². The molecule has 0 atom stereocenters. The zero-order valence-corrected chi connectivity index (χ0v) is 14.8. The molecule has 0 bridgehead atoms. The van der Waals surface area contributed by atoms with Gasteiger partial charge in [-0.3, -0.25) is 20.4 Å². The van der Waals surface area contributed by atoms with Gasteiger partial charge in [-0.25, -0.2) is 0 Å². The van der Waals surface area contributed by atoms with E-state index in [0.29, 0.717) is 30.3 Å². The molecule has 0 aliphatic rings. The smallest absolute Gasteiger partial charge is 0.269 e. The van der Waals surface area contributed by atoms with Crippen molar-refractivity contribution in [2.75, 3.05) is 13.2 Å².